The number of aromatic nitrogens is 2. The molecule has 106 valence electrons. The molecule has 1 heterocycles. The number of para-hydroxylation sites is 1. The Kier molecular flexibility index (Phi) is 3.79. The molecule has 3 aromatic rings. The highest BCUT2D eigenvalue weighted by Crippen LogP contribution is 2.28. The highest BCUT2D eigenvalue weighted by Gasteiger charge is 2.08. The van der Waals surface area contributed by atoms with Crippen LogP contribution < -0.4 is 16.6 Å². The molecule has 5 nitrogen and oxygen atoms in total. The SMILES string of the molecule is NNc1nc(Nc2cc(Cl)cc(Cl)c2)c2ccccc2n1. The molecule has 3 rings (SSSR count). The Labute approximate surface area is 131 Å². The summed E-state index contributed by atoms with van der Waals surface area (Å²) in [6.07, 6.45) is 0. The number of hydrazine groups is 1. The van der Waals surface area contributed by atoms with Gasteiger partial charge in [-0.3, -0.25) is 5.43 Å². The van der Waals surface area contributed by atoms with Crippen LogP contribution in [0.5, 0.6) is 0 Å². The van der Waals surface area contributed by atoms with Gasteiger partial charge in [-0.15, -0.1) is 0 Å². The average Bonchev–Trinajstić information content (AvgIpc) is 2.46. The summed E-state index contributed by atoms with van der Waals surface area (Å²) in [6, 6.07) is 12.8. The lowest BCUT2D eigenvalue weighted by atomic mass is 10.2. The molecule has 4 N–H and O–H groups in total. The summed E-state index contributed by atoms with van der Waals surface area (Å²) in [4.78, 5) is 8.62. The van der Waals surface area contributed by atoms with Gasteiger partial charge < -0.3 is 5.32 Å². The number of hydrogen-bond acceptors (Lipinski definition) is 5. The van der Waals surface area contributed by atoms with Crippen molar-refractivity contribution in [1.29, 1.82) is 0 Å². The van der Waals surface area contributed by atoms with Gasteiger partial charge in [0.25, 0.3) is 0 Å². The summed E-state index contributed by atoms with van der Waals surface area (Å²) < 4.78 is 0. The zero-order valence-corrected chi connectivity index (χ0v) is 12.3. The van der Waals surface area contributed by atoms with Gasteiger partial charge in [-0.05, 0) is 30.3 Å². The van der Waals surface area contributed by atoms with Gasteiger partial charge in [-0.1, -0.05) is 35.3 Å². The van der Waals surface area contributed by atoms with E-state index >= 15 is 0 Å². The summed E-state index contributed by atoms with van der Waals surface area (Å²) >= 11 is 12.0. The zero-order chi connectivity index (χ0) is 14.8. The molecule has 0 fully saturated rings. The molecule has 21 heavy (non-hydrogen) atoms. The summed E-state index contributed by atoms with van der Waals surface area (Å²) in [6.45, 7) is 0. The van der Waals surface area contributed by atoms with Gasteiger partial charge in [-0.2, -0.15) is 4.98 Å². The molecule has 2 aromatic carbocycles. The van der Waals surface area contributed by atoms with Crippen LogP contribution >= 0.6 is 23.2 Å². The number of benzene rings is 2. The molecule has 0 aliphatic carbocycles. The number of rotatable bonds is 3. The van der Waals surface area contributed by atoms with E-state index in [1.165, 1.54) is 0 Å². The normalized spacial score (nSPS) is 10.6. The Morgan fingerprint density at radius 3 is 2.38 bits per heavy atom. The lowest BCUT2D eigenvalue weighted by Gasteiger charge is -2.11. The highest BCUT2D eigenvalue weighted by atomic mass is 35.5. The molecular weight excluding hydrogens is 309 g/mol. The van der Waals surface area contributed by atoms with Crippen LogP contribution in [0, 0.1) is 0 Å². The van der Waals surface area contributed by atoms with Gasteiger partial charge in [0.2, 0.25) is 5.95 Å². The maximum absolute atomic E-state index is 6.00. The van der Waals surface area contributed by atoms with E-state index in [0.29, 0.717) is 21.8 Å². The minimum absolute atomic E-state index is 0.323. The second-order valence-corrected chi connectivity index (χ2v) is 5.21. The molecule has 7 heteroatoms. The third kappa shape index (κ3) is 3.00. The van der Waals surface area contributed by atoms with E-state index in [0.717, 1.165) is 16.6 Å². The van der Waals surface area contributed by atoms with Crippen molar-refractivity contribution in [3.63, 3.8) is 0 Å². The molecule has 0 atom stereocenters. The summed E-state index contributed by atoms with van der Waals surface area (Å²) in [7, 11) is 0. The fourth-order valence-electron chi connectivity index (χ4n) is 2.00. The van der Waals surface area contributed by atoms with E-state index in [1.807, 2.05) is 24.3 Å². The van der Waals surface area contributed by atoms with Crippen LogP contribution in [0.4, 0.5) is 17.5 Å². The molecule has 0 bridgehead atoms. The van der Waals surface area contributed by atoms with Crippen molar-refractivity contribution in [2.45, 2.75) is 0 Å². The van der Waals surface area contributed by atoms with Crippen molar-refractivity contribution in [1.82, 2.24) is 9.97 Å². The van der Waals surface area contributed by atoms with E-state index < -0.39 is 0 Å². The molecule has 0 aliphatic rings. The van der Waals surface area contributed by atoms with Crippen LogP contribution in [0.2, 0.25) is 10.0 Å². The molecule has 0 saturated carbocycles. The number of fused-ring (bicyclic) bond motifs is 1. The lowest BCUT2D eigenvalue weighted by molar-refractivity contribution is 1.15. The Hall–Kier alpha value is -2.08. The number of halogens is 2. The maximum atomic E-state index is 6.00. The Morgan fingerprint density at radius 1 is 0.952 bits per heavy atom. The standard InChI is InChI=1S/C14H11Cl2N5/c15-8-5-9(16)7-10(6-8)18-13-11-3-1-2-4-12(11)19-14(20-13)21-17/h1-7H,17H2,(H2,18,19,20,21). The lowest BCUT2D eigenvalue weighted by Crippen LogP contribution is -2.11. The van der Waals surface area contributed by atoms with Crippen molar-refractivity contribution >= 4 is 51.6 Å². The van der Waals surface area contributed by atoms with Gasteiger partial charge in [0.15, 0.2) is 0 Å². The van der Waals surface area contributed by atoms with E-state index in [9.17, 15) is 0 Å². The second kappa shape index (κ2) is 5.73. The zero-order valence-electron chi connectivity index (χ0n) is 10.8. The van der Waals surface area contributed by atoms with Gasteiger partial charge in [0.1, 0.15) is 5.82 Å². The first-order valence-corrected chi connectivity index (χ1v) is 6.88. The molecule has 0 aliphatic heterocycles. The summed E-state index contributed by atoms with van der Waals surface area (Å²) in [5, 5.41) is 5.14. The van der Waals surface area contributed by atoms with Crippen LogP contribution in [0.3, 0.4) is 0 Å². The van der Waals surface area contributed by atoms with Gasteiger partial charge in [-0.25, -0.2) is 10.8 Å². The number of nitrogens with zero attached hydrogens (tertiary/aromatic N) is 2. The first-order chi connectivity index (χ1) is 10.2. The first kappa shape index (κ1) is 13.9. The van der Waals surface area contributed by atoms with Crippen LogP contribution in [-0.2, 0) is 0 Å². The number of nitrogens with one attached hydrogen (secondary N) is 2. The molecule has 0 saturated heterocycles. The van der Waals surface area contributed by atoms with E-state index in [2.05, 4.69) is 20.7 Å². The highest BCUT2D eigenvalue weighted by molar-refractivity contribution is 6.35. The smallest absolute Gasteiger partial charge is 0.239 e. The Bertz CT molecular complexity index is 786. The topological polar surface area (TPSA) is 75.9 Å². The predicted octanol–water partition coefficient (Wildman–Crippen LogP) is 3.97. The molecule has 0 unspecified atom stereocenters. The first-order valence-electron chi connectivity index (χ1n) is 6.12. The van der Waals surface area contributed by atoms with Crippen LogP contribution in [0.1, 0.15) is 0 Å². The summed E-state index contributed by atoms with van der Waals surface area (Å²) in [5.41, 5.74) is 3.96. The van der Waals surface area contributed by atoms with Gasteiger partial charge in [0, 0.05) is 21.1 Å². The van der Waals surface area contributed by atoms with Crippen LogP contribution in [0.25, 0.3) is 10.9 Å². The molecular formula is C14H11Cl2N5. The second-order valence-electron chi connectivity index (χ2n) is 4.34. The van der Waals surface area contributed by atoms with Crippen molar-refractivity contribution < 1.29 is 0 Å². The van der Waals surface area contributed by atoms with Gasteiger partial charge in [0.05, 0.1) is 5.52 Å². The number of anilines is 3. The molecule has 0 spiro atoms. The number of nitrogens with two attached hydrogens (primary N) is 1. The van der Waals surface area contributed by atoms with Crippen LogP contribution in [-0.4, -0.2) is 9.97 Å². The fourth-order valence-corrected chi connectivity index (χ4v) is 2.53. The Morgan fingerprint density at radius 2 is 1.67 bits per heavy atom. The van der Waals surface area contributed by atoms with Crippen molar-refractivity contribution in [3.05, 3.63) is 52.5 Å². The number of nitrogen functional groups attached to an aromatic ring is 1. The predicted molar refractivity (Wildman–Crippen MR) is 87.1 cm³/mol. The third-order valence-electron chi connectivity index (χ3n) is 2.86. The molecule has 0 amide bonds. The monoisotopic (exact) mass is 319 g/mol. The van der Waals surface area contributed by atoms with E-state index in [1.54, 1.807) is 18.2 Å². The maximum Gasteiger partial charge on any atom is 0.239 e. The summed E-state index contributed by atoms with van der Waals surface area (Å²) in [5.74, 6) is 6.35. The van der Waals surface area contributed by atoms with Crippen molar-refractivity contribution in [3.8, 4) is 0 Å². The minimum Gasteiger partial charge on any atom is -0.339 e. The van der Waals surface area contributed by atoms with Crippen molar-refractivity contribution in [2.75, 3.05) is 10.7 Å². The average molecular weight is 320 g/mol. The minimum atomic E-state index is 0.323. The quantitative estimate of drug-likeness (QED) is 0.503. The van der Waals surface area contributed by atoms with Crippen molar-refractivity contribution in [2.24, 2.45) is 5.84 Å². The third-order valence-corrected chi connectivity index (χ3v) is 3.29. The van der Waals surface area contributed by atoms with E-state index in [-0.39, 0.29) is 0 Å². The Balaban J connectivity index is 2.10. The largest absolute Gasteiger partial charge is 0.339 e. The fraction of sp³-hybridized carbons (Fsp3) is 0. The molecule has 0 radical (unpaired) electrons. The van der Waals surface area contributed by atoms with Crippen LogP contribution in [0.15, 0.2) is 42.5 Å². The number of hydrogen-bond donors (Lipinski definition) is 3. The van der Waals surface area contributed by atoms with E-state index in [4.69, 9.17) is 29.0 Å². The molecule has 1 aromatic heterocycles. The van der Waals surface area contributed by atoms with Gasteiger partial charge >= 0.3 is 0 Å².